The van der Waals surface area contributed by atoms with Crippen LogP contribution in [0.15, 0.2) is 84.9 Å². The fourth-order valence-electron chi connectivity index (χ4n) is 3.25. The van der Waals surface area contributed by atoms with Gasteiger partial charge in [0.25, 0.3) is 5.91 Å². The van der Waals surface area contributed by atoms with E-state index in [1.54, 1.807) is 62.4 Å². The molecule has 35 heavy (non-hydrogen) atoms. The molecule has 0 radical (unpaired) electrons. The topological polar surface area (TPSA) is 102 Å². The van der Waals surface area contributed by atoms with Crippen LogP contribution in [0.1, 0.15) is 52.6 Å². The molecule has 1 unspecified atom stereocenters. The number of benzene rings is 3. The average molecular weight is 473 g/mol. The van der Waals surface area contributed by atoms with E-state index in [4.69, 9.17) is 4.74 Å². The van der Waals surface area contributed by atoms with Gasteiger partial charge in [0, 0.05) is 22.7 Å². The third kappa shape index (κ3) is 7.64. The van der Waals surface area contributed by atoms with Gasteiger partial charge in [0.1, 0.15) is 0 Å². The third-order valence-corrected chi connectivity index (χ3v) is 5.28. The van der Waals surface area contributed by atoms with E-state index >= 15 is 0 Å². The maximum atomic E-state index is 12.6. The second-order valence-corrected chi connectivity index (χ2v) is 8.31. The van der Waals surface area contributed by atoms with Crippen molar-refractivity contribution in [1.82, 2.24) is 5.32 Å². The van der Waals surface area contributed by atoms with Crippen LogP contribution in [0.3, 0.4) is 0 Å². The van der Waals surface area contributed by atoms with Crippen molar-refractivity contribution in [2.45, 2.75) is 26.3 Å². The van der Waals surface area contributed by atoms with Crippen LogP contribution in [0, 0.1) is 5.92 Å². The lowest BCUT2D eigenvalue weighted by Crippen LogP contribution is -2.31. The van der Waals surface area contributed by atoms with E-state index < -0.39 is 18.6 Å². The molecule has 2 N–H and O–H groups in total. The molecule has 0 saturated heterocycles. The SMILES string of the molecule is CC(C)C(=O)Nc1ccc(C(=O)COC(=O)CC(NC(=O)c2ccccc2)c2ccccc2)cc1. The number of Topliss-reactive ketones (excluding diaryl/α,β-unsaturated/α-hetero) is 1. The molecule has 3 rings (SSSR count). The highest BCUT2D eigenvalue weighted by atomic mass is 16.5. The van der Waals surface area contributed by atoms with Gasteiger partial charge in [-0.05, 0) is 42.0 Å². The molecule has 7 heteroatoms. The standard InChI is InChI=1S/C28H28N2O5/c1-19(2)27(33)29-23-15-13-21(14-16-23)25(31)18-35-26(32)17-24(20-9-5-3-6-10-20)30-28(34)22-11-7-4-8-12-22/h3-16,19,24H,17-18H2,1-2H3,(H,29,33)(H,30,34). The van der Waals surface area contributed by atoms with Gasteiger partial charge < -0.3 is 15.4 Å². The first-order valence-corrected chi connectivity index (χ1v) is 11.3. The number of amides is 2. The summed E-state index contributed by atoms with van der Waals surface area (Å²) in [6.07, 6.45) is -0.129. The minimum Gasteiger partial charge on any atom is -0.457 e. The van der Waals surface area contributed by atoms with Crippen LogP contribution < -0.4 is 10.6 Å². The minimum absolute atomic E-state index is 0.120. The molecular formula is C28H28N2O5. The van der Waals surface area contributed by atoms with Gasteiger partial charge >= 0.3 is 5.97 Å². The Hall–Kier alpha value is -4.26. The fraction of sp³-hybridized carbons (Fsp3) is 0.214. The molecule has 2 amide bonds. The summed E-state index contributed by atoms with van der Waals surface area (Å²) in [5.74, 6) is -1.57. The van der Waals surface area contributed by atoms with Crippen molar-refractivity contribution < 1.29 is 23.9 Å². The summed E-state index contributed by atoms with van der Waals surface area (Å²) in [6.45, 7) is 3.15. The maximum absolute atomic E-state index is 12.6. The summed E-state index contributed by atoms with van der Waals surface area (Å²) >= 11 is 0. The maximum Gasteiger partial charge on any atom is 0.308 e. The summed E-state index contributed by atoms with van der Waals surface area (Å²) < 4.78 is 5.21. The van der Waals surface area contributed by atoms with Crippen molar-refractivity contribution in [3.8, 4) is 0 Å². The molecule has 0 heterocycles. The molecule has 180 valence electrons. The van der Waals surface area contributed by atoms with Gasteiger partial charge in [-0.3, -0.25) is 19.2 Å². The molecule has 0 spiro atoms. The first-order chi connectivity index (χ1) is 16.8. The van der Waals surface area contributed by atoms with E-state index in [0.717, 1.165) is 5.56 Å². The summed E-state index contributed by atoms with van der Waals surface area (Å²) in [4.78, 5) is 49.5. The molecular weight excluding hydrogens is 444 g/mol. The van der Waals surface area contributed by atoms with Crippen molar-refractivity contribution in [3.05, 3.63) is 102 Å². The van der Waals surface area contributed by atoms with Gasteiger partial charge in [-0.2, -0.15) is 0 Å². The molecule has 1 atom stereocenters. The van der Waals surface area contributed by atoms with E-state index in [2.05, 4.69) is 10.6 Å². The number of anilines is 1. The van der Waals surface area contributed by atoms with Crippen LogP contribution in [0.4, 0.5) is 5.69 Å². The van der Waals surface area contributed by atoms with E-state index in [0.29, 0.717) is 16.8 Å². The van der Waals surface area contributed by atoms with Crippen molar-refractivity contribution in [2.24, 2.45) is 5.92 Å². The summed E-state index contributed by atoms with van der Waals surface area (Å²) in [5, 5.41) is 5.62. The van der Waals surface area contributed by atoms with Gasteiger partial charge in [0.05, 0.1) is 12.5 Å². The van der Waals surface area contributed by atoms with Crippen molar-refractivity contribution in [3.63, 3.8) is 0 Å². The van der Waals surface area contributed by atoms with Crippen LogP contribution in [0.5, 0.6) is 0 Å². The monoisotopic (exact) mass is 472 g/mol. The van der Waals surface area contributed by atoms with Crippen LogP contribution in [0.25, 0.3) is 0 Å². The Morgan fingerprint density at radius 3 is 1.97 bits per heavy atom. The molecule has 0 aliphatic carbocycles. The zero-order valence-corrected chi connectivity index (χ0v) is 19.7. The number of esters is 1. The lowest BCUT2D eigenvalue weighted by atomic mass is 10.0. The van der Waals surface area contributed by atoms with E-state index in [1.807, 2.05) is 36.4 Å². The van der Waals surface area contributed by atoms with Crippen LogP contribution in [-0.4, -0.2) is 30.2 Å². The predicted molar refractivity (Wildman–Crippen MR) is 133 cm³/mol. The molecule has 3 aromatic rings. The van der Waals surface area contributed by atoms with Gasteiger partial charge in [-0.1, -0.05) is 62.4 Å². The first-order valence-electron chi connectivity index (χ1n) is 11.3. The van der Waals surface area contributed by atoms with Crippen molar-refractivity contribution >= 4 is 29.3 Å². The number of carbonyl (C=O) groups is 4. The zero-order valence-electron chi connectivity index (χ0n) is 19.7. The summed E-state index contributed by atoms with van der Waals surface area (Å²) in [6, 6.07) is 23.6. The van der Waals surface area contributed by atoms with E-state index in [1.165, 1.54) is 0 Å². The summed E-state index contributed by atoms with van der Waals surface area (Å²) in [7, 11) is 0. The lowest BCUT2D eigenvalue weighted by Gasteiger charge is -2.18. The third-order valence-electron chi connectivity index (χ3n) is 5.28. The number of ether oxygens (including phenoxy) is 1. The predicted octanol–water partition coefficient (Wildman–Crippen LogP) is 4.57. The van der Waals surface area contributed by atoms with Gasteiger partial charge in [0.2, 0.25) is 5.91 Å². The number of carbonyl (C=O) groups excluding carboxylic acids is 4. The average Bonchev–Trinajstić information content (AvgIpc) is 2.88. The Bertz CT molecular complexity index is 1160. The highest BCUT2D eigenvalue weighted by Crippen LogP contribution is 2.19. The zero-order chi connectivity index (χ0) is 25.2. The van der Waals surface area contributed by atoms with Crippen LogP contribution >= 0.6 is 0 Å². The largest absolute Gasteiger partial charge is 0.457 e. The molecule has 0 aromatic heterocycles. The van der Waals surface area contributed by atoms with Crippen molar-refractivity contribution in [2.75, 3.05) is 11.9 Å². The van der Waals surface area contributed by atoms with Gasteiger partial charge in [-0.25, -0.2) is 0 Å². The molecule has 0 aliphatic heterocycles. The number of hydrogen-bond acceptors (Lipinski definition) is 5. The number of ketones is 1. The molecule has 3 aromatic carbocycles. The molecule has 7 nitrogen and oxygen atoms in total. The van der Waals surface area contributed by atoms with E-state index in [9.17, 15) is 19.2 Å². The Kier molecular flexibility index (Phi) is 8.89. The van der Waals surface area contributed by atoms with Crippen LogP contribution in [-0.2, 0) is 14.3 Å². The smallest absolute Gasteiger partial charge is 0.308 e. The molecule has 0 fully saturated rings. The highest BCUT2D eigenvalue weighted by Gasteiger charge is 2.21. The quantitative estimate of drug-likeness (QED) is 0.333. The second-order valence-electron chi connectivity index (χ2n) is 8.31. The first kappa shape index (κ1) is 25.4. The normalized spacial score (nSPS) is 11.4. The number of nitrogens with one attached hydrogen (secondary N) is 2. The summed E-state index contributed by atoms with van der Waals surface area (Å²) in [5.41, 5.74) is 2.17. The second kappa shape index (κ2) is 12.3. The Morgan fingerprint density at radius 1 is 0.771 bits per heavy atom. The Labute approximate surface area is 204 Å². The highest BCUT2D eigenvalue weighted by molar-refractivity contribution is 5.99. The Morgan fingerprint density at radius 2 is 1.37 bits per heavy atom. The lowest BCUT2D eigenvalue weighted by molar-refractivity contribution is -0.143. The van der Waals surface area contributed by atoms with Crippen LogP contribution in [0.2, 0.25) is 0 Å². The van der Waals surface area contributed by atoms with E-state index in [-0.39, 0.29) is 29.9 Å². The van der Waals surface area contributed by atoms with Crippen molar-refractivity contribution in [1.29, 1.82) is 0 Å². The molecule has 0 bridgehead atoms. The Balaban J connectivity index is 1.58. The van der Waals surface area contributed by atoms with Gasteiger partial charge in [0.15, 0.2) is 12.4 Å². The van der Waals surface area contributed by atoms with Gasteiger partial charge in [-0.15, -0.1) is 0 Å². The fourth-order valence-corrected chi connectivity index (χ4v) is 3.25. The minimum atomic E-state index is -0.615. The molecule has 0 saturated carbocycles. The number of rotatable bonds is 10. The molecule has 0 aliphatic rings. The number of hydrogen-bond donors (Lipinski definition) is 2.